The molecule has 60 valence electrons. The Balaban J connectivity index is 2.74. The van der Waals surface area contributed by atoms with E-state index in [0.29, 0.717) is 4.61 Å². The molecule has 0 bridgehead atoms. The maximum Gasteiger partial charge on any atom is 0.139 e. The fourth-order valence-electron chi connectivity index (χ4n) is 0.754. The van der Waals surface area contributed by atoms with Crippen LogP contribution in [0.15, 0.2) is 24.3 Å². The van der Waals surface area contributed by atoms with Crippen LogP contribution in [0.25, 0.3) is 0 Å². The van der Waals surface area contributed by atoms with Gasteiger partial charge in [0, 0.05) is 6.07 Å². The van der Waals surface area contributed by atoms with Gasteiger partial charge in [0.25, 0.3) is 0 Å². The largest absolute Gasteiger partial charge is 0.497 e. The zero-order chi connectivity index (χ0) is 8.10. The third-order valence-corrected chi connectivity index (χ3v) is 1.57. The maximum atomic E-state index is 5.26. The quantitative estimate of drug-likeness (QED) is 0.616. The highest BCUT2D eigenvalue weighted by atomic mass is 127. The van der Waals surface area contributed by atoms with E-state index in [4.69, 9.17) is 9.47 Å². The molecule has 0 aliphatic heterocycles. The Bertz CT molecular complexity index is 225. The molecule has 1 rings (SSSR count). The first-order valence-electron chi connectivity index (χ1n) is 3.19. The average Bonchev–Trinajstić information content (AvgIpc) is 2.06. The van der Waals surface area contributed by atoms with Crippen molar-refractivity contribution in [3.8, 4) is 11.5 Å². The first-order chi connectivity index (χ1) is 5.36. The third-order valence-electron chi connectivity index (χ3n) is 1.26. The highest BCUT2D eigenvalue weighted by molar-refractivity contribution is 14.1. The third kappa shape index (κ3) is 2.57. The van der Waals surface area contributed by atoms with Crippen LogP contribution in [0.3, 0.4) is 0 Å². The molecule has 11 heavy (non-hydrogen) atoms. The number of hydrogen-bond acceptors (Lipinski definition) is 2. The lowest BCUT2D eigenvalue weighted by atomic mass is 10.3. The number of benzene rings is 1. The number of hydrogen-bond donors (Lipinski definition) is 0. The number of ether oxygens (including phenoxy) is 2. The summed E-state index contributed by atoms with van der Waals surface area (Å²) in [6.45, 7) is 0. The van der Waals surface area contributed by atoms with Crippen molar-refractivity contribution < 1.29 is 9.47 Å². The normalized spacial score (nSPS) is 9.27. The van der Waals surface area contributed by atoms with Gasteiger partial charge in [0.15, 0.2) is 0 Å². The van der Waals surface area contributed by atoms with Gasteiger partial charge in [-0.1, -0.05) is 6.07 Å². The van der Waals surface area contributed by atoms with Gasteiger partial charge in [0.1, 0.15) is 16.1 Å². The Morgan fingerprint density at radius 2 is 2.09 bits per heavy atom. The molecule has 0 atom stereocenters. The Morgan fingerprint density at radius 3 is 2.73 bits per heavy atom. The Hall–Kier alpha value is -0.450. The summed E-state index contributed by atoms with van der Waals surface area (Å²) in [5.74, 6) is 1.67. The van der Waals surface area contributed by atoms with Gasteiger partial charge < -0.3 is 9.47 Å². The van der Waals surface area contributed by atoms with Crippen molar-refractivity contribution in [1.29, 1.82) is 0 Å². The van der Waals surface area contributed by atoms with E-state index in [9.17, 15) is 0 Å². The molecule has 0 aliphatic carbocycles. The van der Waals surface area contributed by atoms with Crippen LogP contribution in [-0.4, -0.2) is 11.7 Å². The minimum Gasteiger partial charge on any atom is -0.497 e. The van der Waals surface area contributed by atoms with Crippen LogP contribution < -0.4 is 9.47 Å². The van der Waals surface area contributed by atoms with Crippen molar-refractivity contribution in [3.63, 3.8) is 0 Å². The summed E-state index contributed by atoms with van der Waals surface area (Å²) in [5, 5.41) is 0. The van der Waals surface area contributed by atoms with E-state index < -0.39 is 0 Å². The minimum absolute atomic E-state index is 0.658. The van der Waals surface area contributed by atoms with Crippen LogP contribution in [-0.2, 0) is 0 Å². The molecule has 0 unspecified atom stereocenters. The molecule has 0 N–H and O–H groups in total. The molecular formula is C8H9IO2. The molecule has 1 aromatic rings. The highest BCUT2D eigenvalue weighted by Crippen LogP contribution is 2.18. The van der Waals surface area contributed by atoms with E-state index in [1.807, 2.05) is 24.3 Å². The monoisotopic (exact) mass is 264 g/mol. The van der Waals surface area contributed by atoms with Crippen molar-refractivity contribution in [2.45, 2.75) is 0 Å². The molecule has 2 nitrogen and oxygen atoms in total. The van der Waals surface area contributed by atoms with Gasteiger partial charge in [-0.05, 0) is 34.7 Å². The van der Waals surface area contributed by atoms with Crippen molar-refractivity contribution in [3.05, 3.63) is 24.3 Å². The van der Waals surface area contributed by atoms with Crippen molar-refractivity contribution >= 4 is 22.6 Å². The van der Waals surface area contributed by atoms with Crippen LogP contribution in [0.1, 0.15) is 0 Å². The van der Waals surface area contributed by atoms with Gasteiger partial charge >= 0.3 is 0 Å². The summed E-state index contributed by atoms with van der Waals surface area (Å²) in [5.41, 5.74) is 0. The summed E-state index contributed by atoms with van der Waals surface area (Å²) in [6, 6.07) is 7.56. The van der Waals surface area contributed by atoms with Crippen LogP contribution in [0.5, 0.6) is 11.5 Å². The van der Waals surface area contributed by atoms with Gasteiger partial charge in [0.05, 0.1) is 7.11 Å². The zero-order valence-electron chi connectivity index (χ0n) is 6.21. The van der Waals surface area contributed by atoms with E-state index in [2.05, 4.69) is 22.6 Å². The van der Waals surface area contributed by atoms with E-state index >= 15 is 0 Å². The molecule has 1 aromatic carbocycles. The summed E-state index contributed by atoms with van der Waals surface area (Å²) in [7, 11) is 1.64. The van der Waals surface area contributed by atoms with E-state index in [1.165, 1.54) is 0 Å². The second-order valence-electron chi connectivity index (χ2n) is 1.93. The van der Waals surface area contributed by atoms with Gasteiger partial charge in [0.2, 0.25) is 0 Å². The van der Waals surface area contributed by atoms with Crippen LogP contribution in [0.2, 0.25) is 0 Å². The van der Waals surface area contributed by atoms with Crippen LogP contribution in [0, 0.1) is 0 Å². The van der Waals surface area contributed by atoms with E-state index in [1.54, 1.807) is 7.11 Å². The van der Waals surface area contributed by atoms with Gasteiger partial charge in [-0.25, -0.2) is 0 Å². The predicted octanol–water partition coefficient (Wildman–Crippen LogP) is 2.47. The lowest BCUT2D eigenvalue weighted by molar-refractivity contribution is 0.389. The molecule has 0 fully saturated rings. The highest BCUT2D eigenvalue weighted by Gasteiger charge is 1.93. The smallest absolute Gasteiger partial charge is 0.139 e. The molecule has 0 spiro atoms. The summed E-state index contributed by atoms with van der Waals surface area (Å²) in [4.78, 5) is 0. The number of rotatable bonds is 3. The van der Waals surface area contributed by atoms with Gasteiger partial charge in [-0.3, -0.25) is 0 Å². The van der Waals surface area contributed by atoms with Crippen molar-refractivity contribution in [2.75, 3.05) is 11.7 Å². The van der Waals surface area contributed by atoms with Gasteiger partial charge in [-0.15, -0.1) is 0 Å². The molecule has 0 heterocycles. The Labute approximate surface area is 79.7 Å². The molecule has 0 aromatic heterocycles. The number of methoxy groups -OCH3 is 1. The molecule has 0 aliphatic rings. The van der Waals surface area contributed by atoms with E-state index in [0.717, 1.165) is 11.5 Å². The summed E-state index contributed by atoms with van der Waals surface area (Å²) < 4.78 is 10.9. The lowest BCUT2D eigenvalue weighted by Gasteiger charge is -2.03. The molecule has 0 radical (unpaired) electrons. The SMILES string of the molecule is COc1cccc(OCI)c1. The Kier molecular flexibility index (Phi) is 3.48. The molecule has 0 saturated heterocycles. The second-order valence-corrected chi connectivity index (χ2v) is 2.56. The molecule has 0 saturated carbocycles. The standard InChI is InChI=1S/C8H9IO2/c1-10-7-3-2-4-8(5-7)11-6-9/h2-5H,6H2,1H3. The number of alkyl halides is 1. The summed E-state index contributed by atoms with van der Waals surface area (Å²) in [6.07, 6.45) is 0. The minimum atomic E-state index is 0.658. The van der Waals surface area contributed by atoms with Crippen LogP contribution >= 0.6 is 22.6 Å². The predicted molar refractivity (Wildman–Crippen MR) is 52.5 cm³/mol. The van der Waals surface area contributed by atoms with Crippen LogP contribution in [0.4, 0.5) is 0 Å². The Morgan fingerprint density at radius 1 is 1.36 bits per heavy atom. The molecule has 0 amide bonds. The lowest BCUT2D eigenvalue weighted by Crippen LogP contribution is -1.88. The first-order valence-corrected chi connectivity index (χ1v) is 4.72. The maximum absolute atomic E-state index is 5.26. The fraction of sp³-hybridized carbons (Fsp3) is 0.250. The first kappa shape index (κ1) is 8.64. The summed E-state index contributed by atoms with van der Waals surface area (Å²) >= 11 is 2.15. The van der Waals surface area contributed by atoms with Crippen molar-refractivity contribution in [2.24, 2.45) is 0 Å². The number of halogens is 1. The molecule has 3 heteroatoms. The zero-order valence-corrected chi connectivity index (χ0v) is 8.37. The van der Waals surface area contributed by atoms with E-state index in [-0.39, 0.29) is 0 Å². The molecular weight excluding hydrogens is 255 g/mol. The average molecular weight is 264 g/mol. The van der Waals surface area contributed by atoms with Gasteiger partial charge in [-0.2, -0.15) is 0 Å². The van der Waals surface area contributed by atoms with Crippen molar-refractivity contribution in [1.82, 2.24) is 0 Å². The topological polar surface area (TPSA) is 18.5 Å². The fourth-order valence-corrected chi connectivity index (χ4v) is 1.11. The second kappa shape index (κ2) is 4.43.